The summed E-state index contributed by atoms with van der Waals surface area (Å²) in [6, 6.07) is 16.4. The van der Waals surface area contributed by atoms with E-state index < -0.39 is 0 Å². The molecule has 0 fully saturated rings. The minimum atomic E-state index is 0.863. The van der Waals surface area contributed by atoms with Crippen LogP contribution >= 0.6 is 0 Å². The maximum atomic E-state index is 4.62. The second-order valence-electron chi connectivity index (χ2n) is 4.97. The zero-order valence-corrected chi connectivity index (χ0v) is 11.1. The highest BCUT2D eigenvalue weighted by atomic mass is 14.9. The fourth-order valence-electron chi connectivity index (χ4n) is 2.53. The first-order valence-electron chi connectivity index (χ1n) is 6.62. The number of aromatic amines is 1. The summed E-state index contributed by atoms with van der Waals surface area (Å²) < 4.78 is 0. The van der Waals surface area contributed by atoms with Crippen LogP contribution in [-0.4, -0.2) is 15.0 Å². The van der Waals surface area contributed by atoms with Crippen LogP contribution in [0.5, 0.6) is 0 Å². The van der Waals surface area contributed by atoms with E-state index in [1.54, 1.807) is 0 Å². The van der Waals surface area contributed by atoms with Crippen molar-refractivity contribution in [3.63, 3.8) is 0 Å². The number of para-hydroxylation sites is 3. The fourth-order valence-corrected chi connectivity index (χ4v) is 2.53. The molecule has 2 aromatic carbocycles. The van der Waals surface area contributed by atoms with E-state index in [-0.39, 0.29) is 0 Å². The van der Waals surface area contributed by atoms with Crippen molar-refractivity contribution in [1.29, 1.82) is 0 Å². The lowest BCUT2D eigenvalue weighted by molar-refractivity contribution is 1.30. The summed E-state index contributed by atoms with van der Waals surface area (Å²) in [6.07, 6.45) is 1.88. The van der Waals surface area contributed by atoms with E-state index in [0.717, 1.165) is 33.3 Å². The van der Waals surface area contributed by atoms with Crippen molar-refractivity contribution in [2.75, 3.05) is 0 Å². The van der Waals surface area contributed by atoms with Gasteiger partial charge in [0.1, 0.15) is 5.82 Å². The summed E-state index contributed by atoms with van der Waals surface area (Å²) in [4.78, 5) is 12.5. The number of nitrogens with one attached hydrogen (secondary N) is 1. The highest BCUT2D eigenvalue weighted by Gasteiger charge is 2.07. The maximum absolute atomic E-state index is 4.62. The monoisotopic (exact) mass is 259 g/mol. The summed E-state index contributed by atoms with van der Waals surface area (Å²) in [5.41, 5.74) is 5.28. The zero-order valence-electron chi connectivity index (χ0n) is 11.1. The summed E-state index contributed by atoms with van der Waals surface area (Å²) in [6.45, 7) is 2.08. The summed E-state index contributed by atoms with van der Waals surface area (Å²) in [5, 5.41) is 1.14. The van der Waals surface area contributed by atoms with Gasteiger partial charge in [0, 0.05) is 17.1 Å². The molecule has 0 aliphatic heterocycles. The molecule has 2 heterocycles. The van der Waals surface area contributed by atoms with Crippen molar-refractivity contribution in [2.45, 2.75) is 6.92 Å². The minimum Gasteiger partial charge on any atom is -0.338 e. The maximum Gasteiger partial charge on any atom is 0.140 e. The molecule has 0 amide bonds. The van der Waals surface area contributed by atoms with Crippen LogP contribution in [0.15, 0.2) is 54.7 Å². The van der Waals surface area contributed by atoms with Gasteiger partial charge in [-0.3, -0.25) is 4.98 Å². The largest absolute Gasteiger partial charge is 0.338 e. The van der Waals surface area contributed by atoms with Gasteiger partial charge >= 0.3 is 0 Å². The average Bonchev–Trinajstić information content (AvgIpc) is 2.91. The van der Waals surface area contributed by atoms with E-state index in [1.807, 2.05) is 30.5 Å². The molecule has 3 nitrogen and oxygen atoms in total. The Balaban J connectivity index is 1.93. The van der Waals surface area contributed by atoms with Crippen LogP contribution in [0.3, 0.4) is 0 Å². The van der Waals surface area contributed by atoms with Gasteiger partial charge < -0.3 is 4.98 Å². The molecule has 0 bridgehead atoms. The van der Waals surface area contributed by atoms with E-state index in [4.69, 9.17) is 0 Å². The number of fused-ring (bicyclic) bond motifs is 2. The number of hydrogen-bond donors (Lipinski definition) is 1. The first kappa shape index (κ1) is 11.2. The third-order valence-corrected chi connectivity index (χ3v) is 3.58. The van der Waals surface area contributed by atoms with Gasteiger partial charge in [-0.25, -0.2) is 4.98 Å². The number of hydrogen-bond acceptors (Lipinski definition) is 2. The molecule has 0 aliphatic carbocycles. The van der Waals surface area contributed by atoms with Gasteiger partial charge in [0.25, 0.3) is 0 Å². The third kappa shape index (κ3) is 1.67. The van der Waals surface area contributed by atoms with Gasteiger partial charge in [-0.15, -0.1) is 0 Å². The van der Waals surface area contributed by atoms with E-state index in [1.165, 1.54) is 5.56 Å². The second kappa shape index (κ2) is 4.17. The first-order chi connectivity index (χ1) is 9.81. The Bertz CT molecular complexity index is 889. The first-order valence-corrected chi connectivity index (χ1v) is 6.62. The number of nitrogens with zero attached hydrogens (tertiary/aromatic N) is 2. The standard InChI is InChI=1S/C17H13N3/c1-11-5-4-6-12-9-13(10-18-16(11)12)17-19-14-7-2-3-8-15(14)20-17/h2-10H,1H3,(H,19,20). The lowest BCUT2D eigenvalue weighted by atomic mass is 10.1. The Hall–Kier alpha value is -2.68. The van der Waals surface area contributed by atoms with E-state index in [2.05, 4.69) is 46.1 Å². The molecule has 20 heavy (non-hydrogen) atoms. The second-order valence-corrected chi connectivity index (χ2v) is 4.97. The van der Waals surface area contributed by atoms with Crippen molar-refractivity contribution >= 4 is 21.9 Å². The van der Waals surface area contributed by atoms with Gasteiger partial charge in [0.2, 0.25) is 0 Å². The highest BCUT2D eigenvalue weighted by molar-refractivity contribution is 5.86. The Morgan fingerprint density at radius 1 is 1.00 bits per heavy atom. The van der Waals surface area contributed by atoms with Crippen molar-refractivity contribution in [2.24, 2.45) is 0 Å². The van der Waals surface area contributed by atoms with Gasteiger partial charge in [0.05, 0.1) is 16.6 Å². The molecule has 4 rings (SSSR count). The van der Waals surface area contributed by atoms with Gasteiger partial charge in [-0.2, -0.15) is 0 Å². The summed E-state index contributed by atoms with van der Waals surface area (Å²) in [5.74, 6) is 0.863. The average molecular weight is 259 g/mol. The molecule has 0 unspecified atom stereocenters. The molecule has 2 aromatic heterocycles. The van der Waals surface area contributed by atoms with E-state index >= 15 is 0 Å². The minimum absolute atomic E-state index is 0.863. The van der Waals surface area contributed by atoms with Crippen LogP contribution in [0.4, 0.5) is 0 Å². The molecular weight excluding hydrogens is 246 g/mol. The number of aryl methyl sites for hydroxylation is 1. The Morgan fingerprint density at radius 2 is 1.90 bits per heavy atom. The molecule has 0 spiro atoms. The molecule has 0 saturated heterocycles. The van der Waals surface area contributed by atoms with Crippen molar-refractivity contribution in [3.05, 3.63) is 60.3 Å². The molecule has 0 radical (unpaired) electrons. The normalized spacial score (nSPS) is 11.2. The van der Waals surface area contributed by atoms with Gasteiger partial charge in [-0.1, -0.05) is 30.3 Å². The van der Waals surface area contributed by atoms with Crippen LogP contribution in [0.1, 0.15) is 5.56 Å². The molecule has 0 atom stereocenters. The number of pyridine rings is 1. The zero-order chi connectivity index (χ0) is 13.5. The van der Waals surface area contributed by atoms with Crippen LogP contribution in [-0.2, 0) is 0 Å². The fraction of sp³-hybridized carbons (Fsp3) is 0.0588. The Labute approximate surface area is 116 Å². The number of aromatic nitrogens is 3. The molecular formula is C17H13N3. The Kier molecular flexibility index (Phi) is 2.33. The lowest BCUT2D eigenvalue weighted by Crippen LogP contribution is -1.86. The molecule has 1 N–H and O–H groups in total. The van der Waals surface area contributed by atoms with Crippen LogP contribution < -0.4 is 0 Å². The van der Waals surface area contributed by atoms with Crippen LogP contribution in [0.2, 0.25) is 0 Å². The highest BCUT2D eigenvalue weighted by Crippen LogP contribution is 2.24. The van der Waals surface area contributed by atoms with Crippen molar-refractivity contribution in [3.8, 4) is 11.4 Å². The van der Waals surface area contributed by atoms with Gasteiger partial charge in [-0.05, 0) is 30.7 Å². The van der Waals surface area contributed by atoms with Gasteiger partial charge in [0.15, 0.2) is 0 Å². The SMILES string of the molecule is Cc1cccc2cc(-c3nc4ccccc4[nH]3)cnc12. The molecule has 0 saturated carbocycles. The molecule has 3 heteroatoms. The lowest BCUT2D eigenvalue weighted by Gasteiger charge is -2.02. The van der Waals surface area contributed by atoms with E-state index in [0.29, 0.717) is 0 Å². The van der Waals surface area contributed by atoms with Crippen LogP contribution in [0.25, 0.3) is 33.3 Å². The van der Waals surface area contributed by atoms with Crippen LogP contribution in [0, 0.1) is 6.92 Å². The number of benzene rings is 2. The quantitative estimate of drug-likeness (QED) is 0.559. The number of rotatable bonds is 1. The topological polar surface area (TPSA) is 41.6 Å². The summed E-state index contributed by atoms with van der Waals surface area (Å²) >= 11 is 0. The summed E-state index contributed by atoms with van der Waals surface area (Å²) in [7, 11) is 0. The number of imidazole rings is 1. The predicted molar refractivity (Wildman–Crippen MR) is 81.6 cm³/mol. The molecule has 0 aliphatic rings. The molecule has 4 aromatic rings. The van der Waals surface area contributed by atoms with Crippen molar-refractivity contribution < 1.29 is 0 Å². The van der Waals surface area contributed by atoms with E-state index in [9.17, 15) is 0 Å². The van der Waals surface area contributed by atoms with Crippen molar-refractivity contribution in [1.82, 2.24) is 15.0 Å². The smallest absolute Gasteiger partial charge is 0.140 e. The molecule has 96 valence electrons. The Morgan fingerprint density at radius 3 is 2.80 bits per heavy atom. The predicted octanol–water partition coefficient (Wildman–Crippen LogP) is 4.09. The third-order valence-electron chi connectivity index (χ3n) is 3.58. The number of H-pyrrole nitrogens is 1.